The second-order valence-electron chi connectivity index (χ2n) is 4.49. The standard InChI is InChI=1S/C14H15ClN4OS/c1-20-12-3-2-10-14(18-12)19(11(17-10)4-6-15)8-5-13-16-7-9-21-13/h2-3,7,9H,4-6,8H2,1H3. The van der Waals surface area contributed by atoms with Crippen molar-refractivity contribution < 1.29 is 4.74 Å². The molecule has 0 saturated heterocycles. The maximum atomic E-state index is 5.89. The van der Waals surface area contributed by atoms with Crippen LogP contribution >= 0.6 is 22.9 Å². The van der Waals surface area contributed by atoms with E-state index in [1.807, 2.05) is 23.7 Å². The molecule has 0 saturated carbocycles. The van der Waals surface area contributed by atoms with Crippen LogP contribution in [0.15, 0.2) is 23.7 Å². The molecule has 3 aromatic rings. The summed E-state index contributed by atoms with van der Waals surface area (Å²) in [4.78, 5) is 13.5. The van der Waals surface area contributed by atoms with Crippen molar-refractivity contribution >= 4 is 34.1 Å². The molecule has 0 unspecified atom stereocenters. The van der Waals surface area contributed by atoms with E-state index in [0.717, 1.165) is 41.4 Å². The van der Waals surface area contributed by atoms with Crippen molar-refractivity contribution in [2.24, 2.45) is 0 Å². The molecule has 21 heavy (non-hydrogen) atoms. The number of imidazole rings is 1. The number of nitrogens with zero attached hydrogens (tertiary/aromatic N) is 4. The molecule has 0 fully saturated rings. The van der Waals surface area contributed by atoms with E-state index < -0.39 is 0 Å². The number of methoxy groups -OCH3 is 1. The summed E-state index contributed by atoms with van der Waals surface area (Å²) < 4.78 is 7.32. The Balaban J connectivity index is 1.97. The maximum absolute atomic E-state index is 5.89. The molecule has 0 bridgehead atoms. The van der Waals surface area contributed by atoms with Gasteiger partial charge in [0, 0.05) is 42.9 Å². The average Bonchev–Trinajstić information content (AvgIpc) is 3.12. The first-order valence-corrected chi connectivity index (χ1v) is 8.07. The number of hydrogen-bond acceptors (Lipinski definition) is 5. The fourth-order valence-corrected chi connectivity index (χ4v) is 3.02. The van der Waals surface area contributed by atoms with Gasteiger partial charge in [-0.3, -0.25) is 0 Å². The number of halogens is 1. The summed E-state index contributed by atoms with van der Waals surface area (Å²) in [5, 5.41) is 3.10. The Morgan fingerprint density at radius 1 is 1.29 bits per heavy atom. The minimum atomic E-state index is 0.539. The first kappa shape index (κ1) is 14.3. The first-order chi connectivity index (χ1) is 10.3. The monoisotopic (exact) mass is 322 g/mol. The Bertz CT molecular complexity index is 726. The van der Waals surface area contributed by atoms with Gasteiger partial charge in [0.25, 0.3) is 0 Å². The summed E-state index contributed by atoms with van der Waals surface area (Å²) in [6.45, 7) is 0.788. The van der Waals surface area contributed by atoms with Crippen molar-refractivity contribution in [1.29, 1.82) is 0 Å². The lowest BCUT2D eigenvalue weighted by Crippen LogP contribution is -2.08. The molecule has 3 aromatic heterocycles. The Kier molecular flexibility index (Phi) is 4.36. The van der Waals surface area contributed by atoms with Crippen LogP contribution in [-0.4, -0.2) is 32.5 Å². The van der Waals surface area contributed by atoms with Crippen LogP contribution in [-0.2, 0) is 19.4 Å². The molecule has 0 spiro atoms. The molecule has 110 valence electrons. The minimum absolute atomic E-state index is 0.539. The molecule has 3 heterocycles. The van der Waals surface area contributed by atoms with Gasteiger partial charge in [-0.05, 0) is 6.07 Å². The Morgan fingerprint density at radius 3 is 2.90 bits per heavy atom. The molecule has 0 atom stereocenters. The number of aromatic nitrogens is 4. The van der Waals surface area contributed by atoms with Gasteiger partial charge < -0.3 is 9.30 Å². The normalized spacial score (nSPS) is 11.1. The number of ether oxygens (including phenoxy) is 1. The van der Waals surface area contributed by atoms with Crippen molar-refractivity contribution in [3.8, 4) is 5.88 Å². The van der Waals surface area contributed by atoms with Gasteiger partial charge >= 0.3 is 0 Å². The van der Waals surface area contributed by atoms with Gasteiger partial charge in [-0.1, -0.05) is 0 Å². The van der Waals surface area contributed by atoms with Crippen molar-refractivity contribution in [2.75, 3.05) is 13.0 Å². The molecule has 0 aliphatic rings. The van der Waals surface area contributed by atoms with E-state index in [4.69, 9.17) is 16.3 Å². The zero-order chi connectivity index (χ0) is 14.7. The summed E-state index contributed by atoms with van der Waals surface area (Å²) in [5.41, 5.74) is 1.71. The molecule has 0 aromatic carbocycles. The number of thiazole rings is 1. The van der Waals surface area contributed by atoms with Crippen LogP contribution in [0, 0.1) is 0 Å². The minimum Gasteiger partial charge on any atom is -0.481 e. The molecular formula is C14H15ClN4OS. The molecule has 0 N–H and O–H groups in total. The lowest BCUT2D eigenvalue weighted by molar-refractivity contribution is 0.399. The topological polar surface area (TPSA) is 52.8 Å². The van der Waals surface area contributed by atoms with Crippen LogP contribution in [0.25, 0.3) is 11.2 Å². The van der Waals surface area contributed by atoms with E-state index in [1.54, 1.807) is 18.4 Å². The highest BCUT2D eigenvalue weighted by Gasteiger charge is 2.13. The van der Waals surface area contributed by atoms with Gasteiger partial charge in [0.1, 0.15) is 11.3 Å². The molecular weight excluding hydrogens is 308 g/mol. The van der Waals surface area contributed by atoms with Crippen LogP contribution in [0.1, 0.15) is 10.8 Å². The summed E-state index contributed by atoms with van der Waals surface area (Å²) in [5.74, 6) is 2.09. The fourth-order valence-electron chi connectivity index (χ4n) is 2.24. The molecule has 5 nitrogen and oxygen atoms in total. The molecule has 0 radical (unpaired) electrons. The highest BCUT2D eigenvalue weighted by Crippen LogP contribution is 2.19. The second kappa shape index (κ2) is 6.41. The largest absolute Gasteiger partial charge is 0.481 e. The summed E-state index contributed by atoms with van der Waals surface area (Å²) in [7, 11) is 1.62. The lowest BCUT2D eigenvalue weighted by atomic mass is 10.4. The van der Waals surface area contributed by atoms with Crippen molar-refractivity contribution in [2.45, 2.75) is 19.4 Å². The Morgan fingerprint density at radius 2 is 2.19 bits per heavy atom. The SMILES string of the molecule is COc1ccc2nc(CCCl)n(CCc3nccs3)c2n1. The van der Waals surface area contributed by atoms with Crippen LogP contribution in [0.2, 0.25) is 0 Å². The van der Waals surface area contributed by atoms with Gasteiger partial charge in [-0.15, -0.1) is 22.9 Å². The quantitative estimate of drug-likeness (QED) is 0.655. The smallest absolute Gasteiger partial charge is 0.215 e. The van der Waals surface area contributed by atoms with Gasteiger partial charge in [0.05, 0.1) is 12.1 Å². The predicted molar refractivity (Wildman–Crippen MR) is 84.3 cm³/mol. The maximum Gasteiger partial charge on any atom is 0.215 e. The highest BCUT2D eigenvalue weighted by atomic mass is 35.5. The third-order valence-corrected chi connectivity index (χ3v) is 4.23. The van der Waals surface area contributed by atoms with Gasteiger partial charge in [-0.2, -0.15) is 4.98 Å². The van der Waals surface area contributed by atoms with E-state index in [-0.39, 0.29) is 0 Å². The second-order valence-corrected chi connectivity index (χ2v) is 5.85. The van der Waals surface area contributed by atoms with E-state index in [2.05, 4.69) is 19.5 Å². The predicted octanol–water partition coefficient (Wildman–Crippen LogP) is 2.92. The highest BCUT2D eigenvalue weighted by molar-refractivity contribution is 7.09. The Hall–Kier alpha value is -1.66. The molecule has 0 aliphatic heterocycles. The van der Waals surface area contributed by atoms with Crippen LogP contribution < -0.4 is 4.74 Å². The summed E-state index contributed by atoms with van der Waals surface area (Å²) >= 11 is 7.55. The van der Waals surface area contributed by atoms with E-state index in [1.165, 1.54) is 0 Å². The number of fused-ring (bicyclic) bond motifs is 1. The van der Waals surface area contributed by atoms with Gasteiger partial charge in [-0.25, -0.2) is 9.97 Å². The third-order valence-electron chi connectivity index (χ3n) is 3.21. The zero-order valence-corrected chi connectivity index (χ0v) is 13.2. The van der Waals surface area contributed by atoms with Gasteiger partial charge in [0.15, 0.2) is 5.65 Å². The first-order valence-electron chi connectivity index (χ1n) is 6.66. The fraction of sp³-hybridized carbons (Fsp3) is 0.357. The third kappa shape index (κ3) is 3.01. The van der Waals surface area contributed by atoms with E-state index in [9.17, 15) is 0 Å². The lowest BCUT2D eigenvalue weighted by Gasteiger charge is -2.07. The van der Waals surface area contributed by atoms with Crippen molar-refractivity contribution in [1.82, 2.24) is 19.5 Å². The molecule has 7 heteroatoms. The summed E-state index contributed by atoms with van der Waals surface area (Å²) in [6, 6.07) is 3.75. The Labute approximate surface area is 131 Å². The van der Waals surface area contributed by atoms with E-state index in [0.29, 0.717) is 11.8 Å². The van der Waals surface area contributed by atoms with Gasteiger partial charge in [0.2, 0.25) is 5.88 Å². The number of alkyl halides is 1. The molecule has 0 amide bonds. The molecule has 3 rings (SSSR count). The zero-order valence-electron chi connectivity index (χ0n) is 11.6. The number of rotatable bonds is 6. The number of pyridine rings is 1. The van der Waals surface area contributed by atoms with Crippen LogP contribution in [0.3, 0.4) is 0 Å². The average molecular weight is 323 g/mol. The van der Waals surface area contributed by atoms with E-state index >= 15 is 0 Å². The van der Waals surface area contributed by atoms with Crippen LogP contribution in [0.5, 0.6) is 5.88 Å². The molecule has 0 aliphatic carbocycles. The van der Waals surface area contributed by atoms with Crippen LogP contribution in [0.4, 0.5) is 0 Å². The summed E-state index contributed by atoms with van der Waals surface area (Å²) in [6.07, 6.45) is 3.41. The van der Waals surface area contributed by atoms with Crippen molar-refractivity contribution in [3.05, 3.63) is 34.5 Å². The number of aryl methyl sites for hydroxylation is 3. The van der Waals surface area contributed by atoms with Crippen molar-refractivity contribution in [3.63, 3.8) is 0 Å². The number of hydrogen-bond donors (Lipinski definition) is 0.